The van der Waals surface area contributed by atoms with E-state index in [9.17, 15) is 14.0 Å². The molecular weight excluding hydrogens is 457 g/mol. The minimum atomic E-state index is -0.549. The Morgan fingerprint density at radius 2 is 2.03 bits per heavy atom. The van der Waals surface area contributed by atoms with Gasteiger partial charge < -0.3 is 19.9 Å². The number of nitrogens with zero attached hydrogens (tertiary/aromatic N) is 1. The minimum absolute atomic E-state index is 0.0630. The Hall–Kier alpha value is -2.90. The molecule has 2 N–H and O–H groups in total. The Morgan fingerprint density at radius 3 is 2.71 bits per heavy atom. The summed E-state index contributed by atoms with van der Waals surface area (Å²) < 4.78 is 19.6. The predicted molar refractivity (Wildman–Crippen MR) is 133 cm³/mol. The van der Waals surface area contributed by atoms with E-state index in [2.05, 4.69) is 24.1 Å². The number of hydrogen-bond donors (Lipinski definition) is 2. The van der Waals surface area contributed by atoms with Crippen molar-refractivity contribution in [1.82, 2.24) is 9.88 Å². The number of nitrogens with one attached hydrogen (secondary N) is 2. The fourth-order valence-electron chi connectivity index (χ4n) is 4.40. The topological polar surface area (TPSA) is 74.4 Å². The van der Waals surface area contributed by atoms with Crippen LogP contribution in [0.25, 0.3) is 10.8 Å². The molecule has 2 amide bonds. The van der Waals surface area contributed by atoms with E-state index in [1.54, 1.807) is 17.2 Å². The standard InChI is InChI=1S/C26H29ClFN3O3/c1-16(21-13-29-24(32)20-7-5-4-6-19(20)21)31(14-17-10-11-26(2,3)34-15-17)25(33)30-18-8-9-23(28)22(27)12-18/h4-9,12-13,16-17H,10-11,14-15H2,1-3H3,(H,29,32)(H,30,33). The molecule has 0 saturated carbocycles. The number of urea groups is 1. The second-order valence-corrected chi connectivity index (χ2v) is 9.89. The number of ether oxygens (including phenoxy) is 1. The van der Waals surface area contributed by atoms with E-state index in [4.69, 9.17) is 16.3 Å². The number of aromatic nitrogens is 1. The molecule has 34 heavy (non-hydrogen) atoms. The van der Waals surface area contributed by atoms with Gasteiger partial charge in [-0.15, -0.1) is 0 Å². The summed E-state index contributed by atoms with van der Waals surface area (Å²) in [6.45, 7) is 7.09. The maximum Gasteiger partial charge on any atom is 0.322 e. The van der Waals surface area contributed by atoms with Gasteiger partial charge >= 0.3 is 6.03 Å². The van der Waals surface area contributed by atoms with Gasteiger partial charge in [0.1, 0.15) is 5.82 Å². The summed E-state index contributed by atoms with van der Waals surface area (Å²) in [6, 6.07) is 10.7. The largest absolute Gasteiger partial charge is 0.375 e. The molecular formula is C26H29ClFN3O3. The minimum Gasteiger partial charge on any atom is -0.375 e. The predicted octanol–water partition coefficient (Wildman–Crippen LogP) is 6.12. The molecule has 6 nitrogen and oxygen atoms in total. The van der Waals surface area contributed by atoms with E-state index in [1.807, 2.05) is 25.1 Å². The third kappa shape index (κ3) is 5.26. The smallest absolute Gasteiger partial charge is 0.322 e. The fourth-order valence-corrected chi connectivity index (χ4v) is 4.58. The first-order valence-corrected chi connectivity index (χ1v) is 11.8. The van der Waals surface area contributed by atoms with Crippen molar-refractivity contribution in [2.24, 2.45) is 5.92 Å². The molecule has 2 unspecified atom stereocenters. The highest BCUT2D eigenvalue weighted by molar-refractivity contribution is 6.31. The number of fused-ring (bicyclic) bond motifs is 1. The van der Waals surface area contributed by atoms with E-state index in [-0.39, 0.29) is 34.2 Å². The molecule has 0 radical (unpaired) electrons. The number of H-pyrrole nitrogens is 1. The second-order valence-electron chi connectivity index (χ2n) is 9.48. The number of carbonyl (C=O) groups excluding carboxylic acids is 1. The number of anilines is 1. The van der Waals surface area contributed by atoms with Crippen molar-refractivity contribution in [3.8, 4) is 0 Å². The number of hydrogen-bond acceptors (Lipinski definition) is 3. The number of carbonyl (C=O) groups is 1. The molecule has 0 spiro atoms. The van der Waals surface area contributed by atoms with Gasteiger partial charge in [-0.3, -0.25) is 4.79 Å². The van der Waals surface area contributed by atoms with Crippen molar-refractivity contribution in [3.63, 3.8) is 0 Å². The Balaban J connectivity index is 1.65. The van der Waals surface area contributed by atoms with Crippen LogP contribution < -0.4 is 10.9 Å². The highest BCUT2D eigenvalue weighted by Crippen LogP contribution is 2.32. The normalized spacial score (nSPS) is 18.4. The van der Waals surface area contributed by atoms with Gasteiger partial charge in [-0.05, 0) is 68.8 Å². The molecule has 4 rings (SSSR count). The fraction of sp³-hybridized carbons (Fsp3) is 0.385. The molecule has 1 aromatic heterocycles. The van der Waals surface area contributed by atoms with Gasteiger partial charge in [0.05, 0.1) is 23.3 Å². The van der Waals surface area contributed by atoms with E-state index < -0.39 is 5.82 Å². The Bertz CT molecular complexity index is 1250. The van der Waals surface area contributed by atoms with Crippen molar-refractivity contribution in [2.75, 3.05) is 18.5 Å². The molecule has 1 saturated heterocycles. The molecule has 1 aliphatic heterocycles. The SMILES string of the molecule is CC(c1c[nH]c(=O)c2ccccc12)N(CC1CCC(C)(C)OC1)C(=O)Nc1ccc(F)c(Cl)c1. The Labute approximate surface area is 203 Å². The zero-order valence-corrected chi connectivity index (χ0v) is 20.3. The molecule has 3 aromatic rings. The van der Waals surface area contributed by atoms with Crippen molar-refractivity contribution in [3.05, 3.63) is 75.4 Å². The van der Waals surface area contributed by atoms with Crippen LogP contribution in [0.2, 0.25) is 5.02 Å². The monoisotopic (exact) mass is 485 g/mol. The first-order valence-electron chi connectivity index (χ1n) is 11.4. The summed E-state index contributed by atoms with van der Waals surface area (Å²) in [5.74, 6) is -0.390. The Kier molecular flexibility index (Phi) is 6.96. The van der Waals surface area contributed by atoms with Crippen LogP contribution in [-0.2, 0) is 4.74 Å². The molecule has 0 bridgehead atoms. The molecule has 2 heterocycles. The average molecular weight is 486 g/mol. The molecule has 1 aliphatic rings. The van der Waals surface area contributed by atoms with Gasteiger partial charge in [0.15, 0.2) is 0 Å². The summed E-state index contributed by atoms with van der Waals surface area (Å²) in [5, 5.41) is 4.15. The van der Waals surface area contributed by atoms with E-state index in [0.717, 1.165) is 23.8 Å². The second kappa shape index (κ2) is 9.76. The van der Waals surface area contributed by atoms with Crippen LogP contribution in [0.15, 0.2) is 53.5 Å². The van der Waals surface area contributed by atoms with Crippen LogP contribution in [0.4, 0.5) is 14.9 Å². The van der Waals surface area contributed by atoms with Crippen LogP contribution in [0.1, 0.15) is 45.2 Å². The molecule has 0 aliphatic carbocycles. The van der Waals surface area contributed by atoms with Crippen LogP contribution in [-0.4, -0.2) is 34.7 Å². The molecule has 180 valence electrons. The van der Waals surface area contributed by atoms with Gasteiger partial charge in [0, 0.05) is 29.7 Å². The van der Waals surface area contributed by atoms with Gasteiger partial charge in [0.25, 0.3) is 5.56 Å². The van der Waals surface area contributed by atoms with Gasteiger partial charge in [-0.2, -0.15) is 0 Å². The lowest BCUT2D eigenvalue weighted by atomic mass is 9.90. The van der Waals surface area contributed by atoms with Crippen LogP contribution in [0.3, 0.4) is 0 Å². The van der Waals surface area contributed by atoms with Gasteiger partial charge in [-0.1, -0.05) is 29.8 Å². The molecule has 2 aromatic carbocycles. The lowest BCUT2D eigenvalue weighted by Gasteiger charge is -2.39. The zero-order valence-electron chi connectivity index (χ0n) is 19.5. The van der Waals surface area contributed by atoms with Crippen molar-refractivity contribution in [1.29, 1.82) is 0 Å². The highest BCUT2D eigenvalue weighted by atomic mass is 35.5. The zero-order chi connectivity index (χ0) is 24.5. The quantitative estimate of drug-likeness (QED) is 0.457. The summed E-state index contributed by atoms with van der Waals surface area (Å²) in [4.78, 5) is 30.4. The molecule has 8 heteroatoms. The van der Waals surface area contributed by atoms with Crippen LogP contribution in [0, 0.1) is 11.7 Å². The summed E-state index contributed by atoms with van der Waals surface area (Å²) in [6.07, 6.45) is 3.50. The number of aromatic amines is 1. The lowest BCUT2D eigenvalue weighted by Crippen LogP contribution is -2.44. The maximum atomic E-state index is 13.6. The molecule has 1 fully saturated rings. The first kappa shape index (κ1) is 24.2. The number of pyridine rings is 1. The third-order valence-corrected chi connectivity index (χ3v) is 6.80. The highest BCUT2D eigenvalue weighted by Gasteiger charge is 2.32. The molecule has 2 atom stereocenters. The van der Waals surface area contributed by atoms with Gasteiger partial charge in [-0.25, -0.2) is 9.18 Å². The summed E-state index contributed by atoms with van der Waals surface area (Å²) >= 11 is 5.91. The van der Waals surface area contributed by atoms with Crippen molar-refractivity contribution < 1.29 is 13.9 Å². The number of halogens is 2. The summed E-state index contributed by atoms with van der Waals surface area (Å²) in [7, 11) is 0. The van der Waals surface area contributed by atoms with Gasteiger partial charge in [0.2, 0.25) is 0 Å². The maximum absolute atomic E-state index is 13.6. The number of benzene rings is 2. The van der Waals surface area contributed by atoms with E-state index in [0.29, 0.717) is 24.2 Å². The van der Waals surface area contributed by atoms with E-state index in [1.165, 1.54) is 18.2 Å². The Morgan fingerprint density at radius 1 is 1.29 bits per heavy atom. The van der Waals surface area contributed by atoms with Crippen LogP contribution >= 0.6 is 11.6 Å². The third-order valence-electron chi connectivity index (χ3n) is 6.51. The van der Waals surface area contributed by atoms with Crippen LogP contribution in [0.5, 0.6) is 0 Å². The van der Waals surface area contributed by atoms with Crippen molar-refractivity contribution >= 4 is 34.1 Å². The van der Waals surface area contributed by atoms with E-state index >= 15 is 0 Å². The lowest BCUT2D eigenvalue weighted by molar-refractivity contribution is -0.0805. The summed E-state index contributed by atoms with van der Waals surface area (Å²) in [5.41, 5.74) is 0.891. The first-order chi connectivity index (χ1) is 16.1. The number of amides is 2. The van der Waals surface area contributed by atoms with Crippen molar-refractivity contribution in [2.45, 2.75) is 45.3 Å². The number of rotatable bonds is 5. The average Bonchev–Trinajstić information content (AvgIpc) is 2.81.